The van der Waals surface area contributed by atoms with Gasteiger partial charge in [-0.25, -0.2) is 8.42 Å². The van der Waals surface area contributed by atoms with Crippen LogP contribution in [0.1, 0.15) is 26.2 Å². The number of furan rings is 1. The summed E-state index contributed by atoms with van der Waals surface area (Å²) in [4.78, 5) is 13.0. The average molecular weight is 375 g/mol. The number of rotatable bonds is 6. The maximum atomic E-state index is 13.1. The van der Waals surface area contributed by atoms with Crippen LogP contribution in [-0.2, 0) is 9.84 Å². The van der Waals surface area contributed by atoms with Gasteiger partial charge in [-0.15, -0.1) is 11.3 Å². The monoisotopic (exact) mass is 375 g/mol. The molecule has 25 heavy (non-hydrogen) atoms. The average Bonchev–Trinajstić information content (AvgIpc) is 3.29. The largest absolute Gasteiger partial charge is 0.459 e. The van der Waals surface area contributed by atoms with Crippen LogP contribution in [0, 0.1) is 6.92 Å². The summed E-state index contributed by atoms with van der Waals surface area (Å²) in [6, 6.07) is 13.4. The molecular weight excluding hydrogens is 358 g/mol. The summed E-state index contributed by atoms with van der Waals surface area (Å²) in [5.74, 6) is -0.289. The summed E-state index contributed by atoms with van der Waals surface area (Å²) >= 11 is 1.35. The van der Waals surface area contributed by atoms with E-state index in [2.05, 4.69) is 5.32 Å². The number of amides is 1. The Morgan fingerprint density at radius 1 is 1.16 bits per heavy atom. The second kappa shape index (κ2) is 7.25. The van der Waals surface area contributed by atoms with Crippen LogP contribution >= 0.6 is 11.3 Å². The Kier molecular flexibility index (Phi) is 5.06. The molecule has 7 heteroatoms. The number of carbonyl (C=O) groups is 1. The van der Waals surface area contributed by atoms with E-state index in [9.17, 15) is 13.2 Å². The second-order valence-corrected chi connectivity index (χ2v) is 8.66. The fourth-order valence-corrected chi connectivity index (χ4v) is 5.19. The Bertz CT molecular complexity index is 928. The van der Waals surface area contributed by atoms with Crippen molar-refractivity contribution >= 4 is 27.1 Å². The molecule has 0 saturated heterocycles. The molecule has 3 aromatic rings. The van der Waals surface area contributed by atoms with Crippen LogP contribution in [0.5, 0.6) is 0 Å². The molecule has 0 aliphatic carbocycles. The summed E-state index contributed by atoms with van der Waals surface area (Å²) in [5.41, 5.74) is 0.984. The van der Waals surface area contributed by atoms with Gasteiger partial charge in [0.05, 0.1) is 11.2 Å². The van der Waals surface area contributed by atoms with Crippen molar-refractivity contribution < 1.29 is 17.6 Å². The number of hydrogen-bond acceptors (Lipinski definition) is 5. The van der Waals surface area contributed by atoms with Gasteiger partial charge in [-0.3, -0.25) is 4.79 Å². The molecule has 130 valence electrons. The molecule has 3 rings (SSSR count). The van der Waals surface area contributed by atoms with E-state index in [0.29, 0.717) is 4.88 Å². The van der Waals surface area contributed by atoms with Gasteiger partial charge in [-0.1, -0.05) is 23.8 Å². The highest BCUT2D eigenvalue weighted by Gasteiger charge is 2.30. The van der Waals surface area contributed by atoms with Crippen LogP contribution in [-0.4, -0.2) is 20.9 Å². The maximum absolute atomic E-state index is 13.1. The van der Waals surface area contributed by atoms with Gasteiger partial charge in [0.2, 0.25) is 0 Å². The van der Waals surface area contributed by atoms with Gasteiger partial charge in [0.15, 0.2) is 15.6 Å². The van der Waals surface area contributed by atoms with E-state index in [4.69, 9.17) is 4.42 Å². The first-order valence-corrected chi connectivity index (χ1v) is 10.1. The van der Waals surface area contributed by atoms with Crippen LogP contribution in [0.25, 0.3) is 0 Å². The third-order valence-electron chi connectivity index (χ3n) is 3.78. The van der Waals surface area contributed by atoms with E-state index in [-0.39, 0.29) is 17.2 Å². The molecule has 0 bridgehead atoms. The molecular formula is C18H17NO4S2. The smallest absolute Gasteiger partial charge is 0.287 e. The summed E-state index contributed by atoms with van der Waals surface area (Å²) in [5, 5.41) is 3.62. The van der Waals surface area contributed by atoms with Gasteiger partial charge in [-0.05, 0) is 42.6 Å². The third-order valence-corrected chi connectivity index (χ3v) is 7.01. The van der Waals surface area contributed by atoms with Crippen molar-refractivity contribution in [3.05, 3.63) is 76.4 Å². The van der Waals surface area contributed by atoms with Gasteiger partial charge in [-0.2, -0.15) is 0 Å². The number of hydrogen-bond donors (Lipinski definition) is 1. The number of thiophene rings is 1. The van der Waals surface area contributed by atoms with Gasteiger partial charge < -0.3 is 9.73 Å². The molecule has 2 aromatic heterocycles. The molecule has 0 spiro atoms. The Hall–Kier alpha value is -2.38. The lowest BCUT2D eigenvalue weighted by molar-refractivity contribution is 0.0926. The third kappa shape index (κ3) is 3.83. The second-order valence-electron chi connectivity index (χ2n) is 5.55. The quantitative estimate of drug-likeness (QED) is 0.714. The number of nitrogens with one attached hydrogen (secondary N) is 1. The van der Waals surface area contributed by atoms with Crippen LogP contribution in [0.3, 0.4) is 0 Å². The van der Waals surface area contributed by atoms with Crippen LogP contribution in [0.15, 0.2) is 69.5 Å². The lowest BCUT2D eigenvalue weighted by Crippen LogP contribution is -2.31. The van der Waals surface area contributed by atoms with Crippen molar-refractivity contribution in [1.82, 2.24) is 5.32 Å². The zero-order chi connectivity index (χ0) is 17.9. The molecule has 0 fully saturated rings. The summed E-state index contributed by atoms with van der Waals surface area (Å²) in [7, 11) is -3.64. The Labute approximate surface area is 150 Å². The zero-order valence-corrected chi connectivity index (χ0v) is 15.1. The molecule has 0 radical (unpaired) electrons. The first-order chi connectivity index (χ1) is 12.0. The normalized spacial score (nSPS) is 12.7. The molecule has 0 aliphatic heterocycles. The molecule has 0 saturated carbocycles. The zero-order valence-electron chi connectivity index (χ0n) is 13.5. The van der Waals surface area contributed by atoms with E-state index in [1.807, 2.05) is 12.3 Å². The molecule has 1 atom stereocenters. The van der Waals surface area contributed by atoms with Crippen molar-refractivity contribution in [3.63, 3.8) is 0 Å². The Balaban J connectivity index is 1.87. The van der Waals surface area contributed by atoms with Crippen molar-refractivity contribution in [3.8, 4) is 0 Å². The predicted molar refractivity (Wildman–Crippen MR) is 96.5 cm³/mol. The summed E-state index contributed by atoms with van der Waals surface area (Å²) in [6.45, 7) is 1.87. The van der Waals surface area contributed by atoms with Crippen LogP contribution in [0.2, 0.25) is 0 Å². The highest BCUT2D eigenvalue weighted by atomic mass is 32.2. The van der Waals surface area contributed by atoms with Crippen LogP contribution in [0.4, 0.5) is 0 Å². The molecule has 2 heterocycles. The number of carbonyl (C=O) groups excluding carboxylic acids is 1. The fourth-order valence-electron chi connectivity index (χ4n) is 2.41. The highest BCUT2D eigenvalue weighted by molar-refractivity contribution is 7.91. The van der Waals surface area contributed by atoms with E-state index >= 15 is 0 Å². The number of aryl methyl sites for hydroxylation is 1. The van der Waals surface area contributed by atoms with Crippen LogP contribution < -0.4 is 5.32 Å². The van der Waals surface area contributed by atoms with Gasteiger partial charge >= 0.3 is 0 Å². The molecule has 0 unspecified atom stereocenters. The van der Waals surface area contributed by atoms with Gasteiger partial charge in [0.1, 0.15) is 5.25 Å². The summed E-state index contributed by atoms with van der Waals surface area (Å²) < 4.78 is 31.2. The first kappa shape index (κ1) is 17.4. The Morgan fingerprint density at radius 3 is 2.52 bits per heavy atom. The molecule has 1 amide bonds. The van der Waals surface area contributed by atoms with Crippen molar-refractivity contribution in [2.24, 2.45) is 0 Å². The van der Waals surface area contributed by atoms with E-state index < -0.39 is 21.0 Å². The highest BCUT2D eigenvalue weighted by Crippen LogP contribution is 2.31. The summed E-state index contributed by atoms with van der Waals surface area (Å²) in [6.07, 6.45) is 1.40. The molecule has 1 N–H and O–H groups in total. The first-order valence-electron chi connectivity index (χ1n) is 7.64. The van der Waals surface area contributed by atoms with E-state index in [1.165, 1.54) is 23.7 Å². The van der Waals surface area contributed by atoms with Crippen molar-refractivity contribution in [2.45, 2.75) is 17.1 Å². The molecule has 0 aliphatic rings. The minimum Gasteiger partial charge on any atom is -0.459 e. The number of sulfone groups is 1. The fraction of sp³-hybridized carbons (Fsp3) is 0.167. The van der Waals surface area contributed by atoms with E-state index in [0.717, 1.165) is 5.56 Å². The van der Waals surface area contributed by atoms with E-state index in [1.54, 1.807) is 42.5 Å². The maximum Gasteiger partial charge on any atom is 0.287 e. The minimum atomic E-state index is -3.64. The van der Waals surface area contributed by atoms with Gasteiger partial charge in [0.25, 0.3) is 5.91 Å². The SMILES string of the molecule is Cc1ccc(S(=O)(=O)[C@@H](CNC(=O)c2ccco2)c2cccs2)cc1. The minimum absolute atomic E-state index is 0.0315. The lowest BCUT2D eigenvalue weighted by atomic mass is 10.2. The Morgan fingerprint density at radius 2 is 1.92 bits per heavy atom. The number of benzene rings is 1. The molecule has 5 nitrogen and oxygen atoms in total. The van der Waals surface area contributed by atoms with Gasteiger partial charge in [0, 0.05) is 11.4 Å². The lowest BCUT2D eigenvalue weighted by Gasteiger charge is -2.17. The van der Waals surface area contributed by atoms with Crippen molar-refractivity contribution in [1.29, 1.82) is 0 Å². The van der Waals surface area contributed by atoms with Crippen molar-refractivity contribution in [2.75, 3.05) is 6.54 Å². The standard InChI is InChI=1S/C18H17NO4S2/c1-13-6-8-14(9-7-13)25(21,22)17(16-5-3-11-24-16)12-19-18(20)15-4-2-10-23-15/h2-11,17H,12H2,1H3,(H,19,20)/t17-/m0/s1. The topological polar surface area (TPSA) is 76.4 Å². The molecule has 1 aromatic carbocycles. The predicted octanol–water partition coefficient (Wildman–Crippen LogP) is 3.59.